The highest BCUT2D eigenvalue weighted by Crippen LogP contribution is 1.92. The smallest absolute Gasteiger partial charge is 0.0923 e. The molecule has 2 nitrogen and oxygen atoms in total. The Hall–Kier alpha value is -0.520. The van der Waals surface area contributed by atoms with Gasteiger partial charge in [0.15, 0.2) is 0 Å². The lowest BCUT2D eigenvalue weighted by atomic mass is 10.2. The van der Waals surface area contributed by atoms with Crippen molar-refractivity contribution >= 4 is 0 Å². The van der Waals surface area contributed by atoms with Crippen LogP contribution in [0, 0.1) is 18.3 Å². The Bertz CT molecular complexity index is 126. The van der Waals surface area contributed by atoms with Gasteiger partial charge in [0.25, 0.3) is 0 Å². The second-order valence-electron chi connectivity index (χ2n) is 2.95. The Morgan fingerprint density at radius 1 is 1.55 bits per heavy atom. The van der Waals surface area contributed by atoms with Crippen LogP contribution in [-0.4, -0.2) is 12.6 Å². The molecular weight excluding hydrogens is 138 g/mol. The summed E-state index contributed by atoms with van der Waals surface area (Å²) in [6.07, 6.45) is 6.11. The first-order chi connectivity index (χ1) is 5.20. The highest BCUT2D eigenvalue weighted by Gasteiger charge is 2.00. The Morgan fingerprint density at radius 2 is 2.18 bits per heavy atom. The van der Waals surface area contributed by atoms with Crippen LogP contribution >= 0.6 is 0 Å². The number of terminal acetylenes is 1. The third-order valence-corrected chi connectivity index (χ3v) is 1.25. The van der Waals surface area contributed by atoms with Gasteiger partial charge in [-0.05, 0) is 12.3 Å². The summed E-state index contributed by atoms with van der Waals surface area (Å²) in [4.78, 5) is 5.15. The highest BCUT2D eigenvalue weighted by molar-refractivity contribution is 4.96. The van der Waals surface area contributed by atoms with Crippen LogP contribution in [-0.2, 0) is 4.84 Å². The number of hydrogen-bond donors (Lipinski definition) is 1. The highest BCUT2D eigenvalue weighted by atomic mass is 16.6. The zero-order chi connectivity index (χ0) is 8.69. The van der Waals surface area contributed by atoms with E-state index in [9.17, 15) is 0 Å². The molecule has 0 amide bonds. The maximum Gasteiger partial charge on any atom is 0.0923 e. The molecule has 1 unspecified atom stereocenters. The second kappa shape index (κ2) is 6.21. The van der Waals surface area contributed by atoms with Gasteiger partial charge in [0.1, 0.15) is 0 Å². The number of hydrogen-bond acceptors (Lipinski definition) is 2. The molecule has 64 valence electrons. The van der Waals surface area contributed by atoms with Crippen molar-refractivity contribution in [3.63, 3.8) is 0 Å². The fourth-order valence-corrected chi connectivity index (χ4v) is 0.551. The minimum Gasteiger partial charge on any atom is -0.300 e. The van der Waals surface area contributed by atoms with Crippen LogP contribution in [0.5, 0.6) is 0 Å². The topological polar surface area (TPSA) is 21.3 Å². The summed E-state index contributed by atoms with van der Waals surface area (Å²) in [6, 6.07) is 0.0498. The van der Waals surface area contributed by atoms with Gasteiger partial charge in [0, 0.05) is 0 Å². The number of hydroxylamine groups is 1. The molecule has 0 saturated carbocycles. The normalized spacial score (nSPS) is 13.0. The molecule has 0 bridgehead atoms. The van der Waals surface area contributed by atoms with Crippen LogP contribution < -0.4 is 5.48 Å². The molecule has 0 saturated heterocycles. The third-order valence-electron chi connectivity index (χ3n) is 1.25. The molecule has 1 N–H and O–H groups in total. The fraction of sp³-hybridized carbons (Fsp3) is 0.778. The zero-order valence-corrected chi connectivity index (χ0v) is 7.55. The zero-order valence-electron chi connectivity index (χ0n) is 7.55. The Balaban J connectivity index is 3.30. The number of rotatable bonds is 5. The molecule has 0 aliphatic carbocycles. The van der Waals surface area contributed by atoms with Gasteiger partial charge in [-0.25, -0.2) is 0 Å². The molecule has 0 aromatic carbocycles. The Kier molecular flexibility index (Phi) is 5.91. The van der Waals surface area contributed by atoms with E-state index < -0.39 is 0 Å². The van der Waals surface area contributed by atoms with E-state index in [1.54, 1.807) is 0 Å². The van der Waals surface area contributed by atoms with E-state index >= 15 is 0 Å². The third kappa shape index (κ3) is 5.90. The van der Waals surface area contributed by atoms with Crippen LogP contribution in [0.3, 0.4) is 0 Å². The molecule has 0 aromatic rings. The van der Waals surface area contributed by atoms with Crippen LogP contribution in [0.15, 0.2) is 0 Å². The van der Waals surface area contributed by atoms with Crippen molar-refractivity contribution in [2.75, 3.05) is 6.61 Å². The first-order valence-corrected chi connectivity index (χ1v) is 4.04. The predicted octanol–water partition coefficient (Wildman–Crippen LogP) is 1.58. The molecular formula is C9H17NO. The van der Waals surface area contributed by atoms with E-state index in [1.807, 2.05) is 6.92 Å². The summed E-state index contributed by atoms with van der Waals surface area (Å²) < 4.78 is 0. The molecule has 0 spiro atoms. The van der Waals surface area contributed by atoms with E-state index in [0.29, 0.717) is 12.5 Å². The van der Waals surface area contributed by atoms with Gasteiger partial charge in [0.05, 0.1) is 12.6 Å². The van der Waals surface area contributed by atoms with Gasteiger partial charge in [0.2, 0.25) is 0 Å². The van der Waals surface area contributed by atoms with Gasteiger partial charge < -0.3 is 4.84 Å². The molecule has 0 aliphatic heterocycles. The van der Waals surface area contributed by atoms with Crippen molar-refractivity contribution in [3.8, 4) is 12.3 Å². The van der Waals surface area contributed by atoms with Crippen molar-refractivity contribution in [2.45, 2.75) is 33.2 Å². The Labute approximate surface area is 69.3 Å². The van der Waals surface area contributed by atoms with Crippen LogP contribution in [0.2, 0.25) is 0 Å². The average molecular weight is 155 g/mol. The molecule has 1 atom stereocenters. The monoisotopic (exact) mass is 155 g/mol. The fourth-order valence-electron chi connectivity index (χ4n) is 0.551. The second-order valence-corrected chi connectivity index (χ2v) is 2.95. The van der Waals surface area contributed by atoms with E-state index in [0.717, 1.165) is 6.42 Å². The maximum atomic E-state index is 5.21. The summed E-state index contributed by atoms with van der Waals surface area (Å²) >= 11 is 0. The molecule has 2 heteroatoms. The summed E-state index contributed by atoms with van der Waals surface area (Å²) in [5.74, 6) is 3.13. The van der Waals surface area contributed by atoms with E-state index in [4.69, 9.17) is 11.3 Å². The molecule has 11 heavy (non-hydrogen) atoms. The minimum atomic E-state index is 0.0498. The lowest BCUT2D eigenvalue weighted by Crippen LogP contribution is -2.28. The molecule has 0 rings (SSSR count). The minimum absolute atomic E-state index is 0.0498. The predicted molar refractivity (Wildman–Crippen MR) is 46.8 cm³/mol. The SMILES string of the molecule is C#CC(CC)NOCC(C)C. The molecule has 0 aromatic heterocycles. The molecule has 0 aliphatic rings. The van der Waals surface area contributed by atoms with Crippen LogP contribution in [0.25, 0.3) is 0 Å². The van der Waals surface area contributed by atoms with Gasteiger partial charge in [-0.15, -0.1) is 6.42 Å². The summed E-state index contributed by atoms with van der Waals surface area (Å²) in [5.41, 5.74) is 2.81. The first-order valence-electron chi connectivity index (χ1n) is 4.04. The summed E-state index contributed by atoms with van der Waals surface area (Å²) in [6.45, 7) is 6.92. The lowest BCUT2D eigenvalue weighted by Gasteiger charge is -2.11. The standard InChI is InChI=1S/C9H17NO/c1-5-9(6-2)10-11-7-8(3)4/h1,8-10H,6-7H2,2-4H3. The molecule has 0 fully saturated rings. The van der Waals surface area contributed by atoms with E-state index in [1.165, 1.54) is 0 Å². The maximum absolute atomic E-state index is 5.21. The van der Waals surface area contributed by atoms with Gasteiger partial charge in [-0.1, -0.05) is 26.7 Å². The average Bonchev–Trinajstić information content (AvgIpc) is 1.98. The van der Waals surface area contributed by atoms with Gasteiger partial charge >= 0.3 is 0 Å². The summed E-state index contributed by atoms with van der Waals surface area (Å²) in [5, 5.41) is 0. The number of nitrogens with one attached hydrogen (secondary N) is 1. The summed E-state index contributed by atoms with van der Waals surface area (Å²) in [7, 11) is 0. The van der Waals surface area contributed by atoms with Crippen molar-refractivity contribution in [3.05, 3.63) is 0 Å². The van der Waals surface area contributed by atoms with Gasteiger partial charge in [-0.3, -0.25) is 0 Å². The van der Waals surface area contributed by atoms with Crippen LogP contribution in [0.1, 0.15) is 27.2 Å². The lowest BCUT2D eigenvalue weighted by molar-refractivity contribution is 0.0115. The molecule has 0 radical (unpaired) electrons. The first kappa shape index (κ1) is 10.5. The van der Waals surface area contributed by atoms with Gasteiger partial charge in [-0.2, -0.15) is 5.48 Å². The molecule has 0 heterocycles. The van der Waals surface area contributed by atoms with Crippen molar-refractivity contribution < 1.29 is 4.84 Å². The quantitative estimate of drug-likeness (QED) is 0.480. The Morgan fingerprint density at radius 3 is 2.55 bits per heavy atom. The van der Waals surface area contributed by atoms with E-state index in [2.05, 4.69) is 25.2 Å². The van der Waals surface area contributed by atoms with E-state index in [-0.39, 0.29) is 6.04 Å². The largest absolute Gasteiger partial charge is 0.300 e. The van der Waals surface area contributed by atoms with Crippen molar-refractivity contribution in [2.24, 2.45) is 5.92 Å². The van der Waals surface area contributed by atoms with Crippen molar-refractivity contribution in [1.82, 2.24) is 5.48 Å². The van der Waals surface area contributed by atoms with Crippen molar-refractivity contribution in [1.29, 1.82) is 0 Å². The van der Waals surface area contributed by atoms with Crippen LogP contribution in [0.4, 0.5) is 0 Å².